The predicted molar refractivity (Wildman–Crippen MR) is 193 cm³/mol. The summed E-state index contributed by atoms with van der Waals surface area (Å²) in [5.41, 5.74) is 13.1. The molecule has 0 N–H and O–H groups in total. The summed E-state index contributed by atoms with van der Waals surface area (Å²) in [5.74, 6) is 0. The van der Waals surface area contributed by atoms with E-state index in [1.165, 1.54) is 88.0 Å². The molecular weight excluding hydrogens is 540 g/mol. The van der Waals surface area contributed by atoms with Crippen LogP contribution in [0.4, 0.5) is 0 Å². The predicted octanol–water partition coefficient (Wildman–Crippen LogP) is 12.5. The maximum Gasteiger partial charge on any atom is 0.0159 e. The summed E-state index contributed by atoms with van der Waals surface area (Å²) < 4.78 is 0. The lowest BCUT2D eigenvalue weighted by atomic mass is 9.81. The summed E-state index contributed by atoms with van der Waals surface area (Å²) in [4.78, 5) is 0. The molecule has 0 heteroatoms. The highest BCUT2D eigenvalue weighted by molar-refractivity contribution is 6.21. The Balaban J connectivity index is 1.18. The average Bonchev–Trinajstić information content (AvgIpc) is 3.33. The van der Waals surface area contributed by atoms with E-state index < -0.39 is 0 Å². The fourth-order valence-corrected chi connectivity index (χ4v) is 7.87. The van der Waals surface area contributed by atoms with Gasteiger partial charge < -0.3 is 0 Å². The minimum Gasteiger partial charge on any atom is -0.0622 e. The molecule has 0 heterocycles. The third-order valence-electron chi connectivity index (χ3n) is 10.1. The van der Waals surface area contributed by atoms with Crippen LogP contribution in [0.5, 0.6) is 0 Å². The van der Waals surface area contributed by atoms with Crippen LogP contribution < -0.4 is 0 Å². The lowest BCUT2D eigenvalue weighted by molar-refractivity contribution is 0.661. The quantitative estimate of drug-likeness (QED) is 0.185. The van der Waals surface area contributed by atoms with E-state index in [0.29, 0.717) is 0 Å². The van der Waals surface area contributed by atoms with Crippen molar-refractivity contribution < 1.29 is 0 Å². The molecule has 212 valence electrons. The second-order valence-electron chi connectivity index (χ2n) is 12.9. The largest absolute Gasteiger partial charge is 0.0622 e. The van der Waals surface area contributed by atoms with Gasteiger partial charge in [0.15, 0.2) is 0 Å². The van der Waals surface area contributed by atoms with Gasteiger partial charge in [0, 0.05) is 5.41 Å². The molecule has 0 saturated heterocycles. The fraction of sp³-hybridized carbons (Fsp3) is 0.0667. The van der Waals surface area contributed by atoms with Crippen LogP contribution in [0.3, 0.4) is 0 Å². The van der Waals surface area contributed by atoms with Gasteiger partial charge in [0.2, 0.25) is 0 Å². The number of hydrogen-bond donors (Lipinski definition) is 0. The van der Waals surface area contributed by atoms with Crippen molar-refractivity contribution in [3.05, 3.63) is 169 Å². The lowest BCUT2D eigenvalue weighted by Crippen LogP contribution is -2.15. The Labute approximate surface area is 264 Å². The summed E-state index contributed by atoms with van der Waals surface area (Å²) in [5, 5.41) is 7.79. The SMILES string of the molecule is CC1(C)c2cc(-c3ccc(-c4c5ccccc5c(-c5ccccc5)c5ccccc45)cc3)ccc2-c2c1ccc1ccccc21. The van der Waals surface area contributed by atoms with Crippen LogP contribution in [0, 0.1) is 0 Å². The third-order valence-corrected chi connectivity index (χ3v) is 10.1. The maximum absolute atomic E-state index is 2.43. The van der Waals surface area contributed by atoms with Crippen LogP contribution in [0.15, 0.2) is 158 Å². The highest BCUT2D eigenvalue weighted by atomic mass is 14.4. The van der Waals surface area contributed by atoms with Crippen LogP contribution in [-0.2, 0) is 5.41 Å². The van der Waals surface area contributed by atoms with Gasteiger partial charge in [0.05, 0.1) is 0 Å². The van der Waals surface area contributed by atoms with E-state index >= 15 is 0 Å². The van der Waals surface area contributed by atoms with Crippen LogP contribution in [-0.4, -0.2) is 0 Å². The lowest BCUT2D eigenvalue weighted by Gasteiger charge is -2.22. The summed E-state index contributed by atoms with van der Waals surface area (Å²) in [6.07, 6.45) is 0. The Hall–Kier alpha value is -5.46. The zero-order valence-corrected chi connectivity index (χ0v) is 25.5. The molecule has 8 aromatic rings. The molecule has 0 aliphatic heterocycles. The van der Waals surface area contributed by atoms with Crippen molar-refractivity contribution in [1.29, 1.82) is 0 Å². The van der Waals surface area contributed by atoms with Crippen LogP contribution in [0.25, 0.3) is 76.8 Å². The first kappa shape index (κ1) is 26.0. The van der Waals surface area contributed by atoms with Crippen molar-refractivity contribution in [2.24, 2.45) is 0 Å². The molecule has 0 fully saturated rings. The first-order valence-electron chi connectivity index (χ1n) is 15.9. The first-order valence-corrected chi connectivity index (χ1v) is 15.9. The Morgan fingerprint density at radius 1 is 0.333 bits per heavy atom. The number of rotatable bonds is 3. The summed E-state index contributed by atoms with van der Waals surface area (Å²) >= 11 is 0. The van der Waals surface area contributed by atoms with Gasteiger partial charge >= 0.3 is 0 Å². The van der Waals surface area contributed by atoms with Crippen molar-refractivity contribution in [3.8, 4) is 44.5 Å². The minimum absolute atomic E-state index is 0.0526. The van der Waals surface area contributed by atoms with E-state index in [-0.39, 0.29) is 5.41 Å². The number of fused-ring (bicyclic) bond motifs is 7. The van der Waals surface area contributed by atoms with Gasteiger partial charge in [0.1, 0.15) is 0 Å². The van der Waals surface area contributed by atoms with Crippen molar-refractivity contribution in [3.63, 3.8) is 0 Å². The van der Waals surface area contributed by atoms with E-state index in [0.717, 1.165) is 0 Å². The van der Waals surface area contributed by atoms with E-state index in [2.05, 4.69) is 172 Å². The summed E-state index contributed by atoms with van der Waals surface area (Å²) in [7, 11) is 0. The molecular formula is C45H32. The number of benzene rings is 8. The first-order chi connectivity index (χ1) is 22.1. The van der Waals surface area contributed by atoms with Gasteiger partial charge in [-0.05, 0) is 94.0 Å². The second-order valence-corrected chi connectivity index (χ2v) is 12.9. The van der Waals surface area contributed by atoms with E-state index in [1.54, 1.807) is 0 Å². The van der Waals surface area contributed by atoms with Crippen LogP contribution >= 0.6 is 0 Å². The fourth-order valence-electron chi connectivity index (χ4n) is 7.87. The second kappa shape index (κ2) is 9.78. The van der Waals surface area contributed by atoms with Crippen molar-refractivity contribution >= 4 is 32.3 Å². The highest BCUT2D eigenvalue weighted by Gasteiger charge is 2.36. The highest BCUT2D eigenvalue weighted by Crippen LogP contribution is 2.52. The molecule has 0 saturated carbocycles. The van der Waals surface area contributed by atoms with Gasteiger partial charge in [-0.15, -0.1) is 0 Å². The molecule has 0 spiro atoms. The van der Waals surface area contributed by atoms with E-state index in [4.69, 9.17) is 0 Å². The van der Waals surface area contributed by atoms with E-state index in [9.17, 15) is 0 Å². The molecule has 0 radical (unpaired) electrons. The molecule has 0 nitrogen and oxygen atoms in total. The van der Waals surface area contributed by atoms with Gasteiger partial charge in [-0.1, -0.05) is 166 Å². The van der Waals surface area contributed by atoms with Gasteiger partial charge in [0.25, 0.3) is 0 Å². The topological polar surface area (TPSA) is 0 Å². The molecule has 8 aromatic carbocycles. The van der Waals surface area contributed by atoms with Gasteiger partial charge in [-0.2, -0.15) is 0 Å². The van der Waals surface area contributed by atoms with Crippen molar-refractivity contribution in [2.45, 2.75) is 19.3 Å². The average molecular weight is 573 g/mol. The summed E-state index contributed by atoms with van der Waals surface area (Å²) in [6.45, 7) is 4.74. The van der Waals surface area contributed by atoms with Crippen LogP contribution in [0.1, 0.15) is 25.0 Å². The van der Waals surface area contributed by atoms with E-state index in [1.807, 2.05) is 0 Å². The normalized spacial score (nSPS) is 13.3. The summed E-state index contributed by atoms with van der Waals surface area (Å²) in [6, 6.07) is 58.3. The monoisotopic (exact) mass is 572 g/mol. The smallest absolute Gasteiger partial charge is 0.0159 e. The molecule has 0 aromatic heterocycles. The van der Waals surface area contributed by atoms with Gasteiger partial charge in [-0.3, -0.25) is 0 Å². The van der Waals surface area contributed by atoms with Crippen molar-refractivity contribution in [2.75, 3.05) is 0 Å². The third kappa shape index (κ3) is 3.85. The molecule has 1 aliphatic rings. The Kier molecular flexibility index (Phi) is 5.64. The Bertz CT molecular complexity index is 2370. The molecule has 0 amide bonds. The van der Waals surface area contributed by atoms with Crippen molar-refractivity contribution in [1.82, 2.24) is 0 Å². The molecule has 0 unspecified atom stereocenters. The van der Waals surface area contributed by atoms with Gasteiger partial charge in [-0.25, -0.2) is 0 Å². The molecule has 9 rings (SSSR count). The Morgan fingerprint density at radius 3 is 1.44 bits per heavy atom. The molecule has 45 heavy (non-hydrogen) atoms. The van der Waals surface area contributed by atoms with Crippen LogP contribution in [0.2, 0.25) is 0 Å². The maximum atomic E-state index is 2.43. The minimum atomic E-state index is -0.0526. The molecule has 0 bridgehead atoms. The molecule has 0 atom stereocenters. The standard InChI is InChI=1S/C45H32/c1-45(2)40-27-25-30-12-6-7-15-34(30)44(40)39-26-24-33(28-41(39)45)29-20-22-32(23-21-29)43-37-18-10-8-16-35(37)42(31-13-4-3-5-14-31)36-17-9-11-19-38(36)43/h3-28H,1-2H3. The number of hydrogen-bond acceptors (Lipinski definition) is 0. The zero-order valence-electron chi connectivity index (χ0n) is 25.5. The Morgan fingerprint density at radius 2 is 0.822 bits per heavy atom. The molecule has 1 aliphatic carbocycles. The zero-order chi connectivity index (χ0) is 30.1.